The van der Waals surface area contributed by atoms with E-state index in [1.54, 1.807) is 35.6 Å². The van der Waals surface area contributed by atoms with Gasteiger partial charge in [-0.3, -0.25) is 5.01 Å². The fourth-order valence-corrected chi connectivity index (χ4v) is 4.65. The van der Waals surface area contributed by atoms with Crippen molar-refractivity contribution >= 4 is 17.7 Å². The molecule has 2 aromatic rings. The molecular weight excluding hydrogens is 527 g/mol. The van der Waals surface area contributed by atoms with Gasteiger partial charge in [-0.15, -0.1) is 0 Å². The highest BCUT2D eigenvalue weighted by Crippen LogP contribution is 2.31. The zero-order valence-electron chi connectivity index (χ0n) is 26.3. The average molecular weight is 575 g/mol. The Bertz CT molecular complexity index is 1330. The second-order valence-electron chi connectivity index (χ2n) is 11.0. The number of unbranched alkanes of at least 4 members (excludes halogenated alkanes) is 1. The lowest BCUT2D eigenvalue weighted by atomic mass is 9.96. The first-order chi connectivity index (χ1) is 20.2. The molecule has 2 atom stereocenters. The highest BCUT2D eigenvalue weighted by molar-refractivity contribution is 6.11. The number of aryl methyl sites for hydroxylation is 2. The molecule has 226 valence electrons. The third-order valence-corrected chi connectivity index (χ3v) is 7.15. The van der Waals surface area contributed by atoms with Crippen LogP contribution in [-0.4, -0.2) is 30.2 Å². The van der Waals surface area contributed by atoms with Crippen molar-refractivity contribution in [3.05, 3.63) is 89.2 Å². The van der Waals surface area contributed by atoms with Crippen LogP contribution in [0.25, 0.3) is 0 Å². The molecule has 1 heterocycles. The molecule has 0 spiro atoms. The summed E-state index contributed by atoms with van der Waals surface area (Å²) in [7, 11) is 0. The number of hydrogen-bond donors (Lipinski definition) is 1. The summed E-state index contributed by atoms with van der Waals surface area (Å²) in [6.45, 7) is 16.0. The van der Waals surface area contributed by atoms with Crippen molar-refractivity contribution in [1.82, 2.24) is 5.01 Å². The minimum Gasteiger partial charge on any atom is -0.492 e. The number of anilines is 1. The quantitative estimate of drug-likeness (QED) is 0.181. The maximum Gasteiger partial charge on any atom is 0.167 e. The van der Waals surface area contributed by atoms with E-state index in [-0.39, 0.29) is 5.75 Å². The Balaban J connectivity index is 1.87. The lowest BCUT2D eigenvalue weighted by Crippen LogP contribution is -2.19. The van der Waals surface area contributed by atoms with Gasteiger partial charge in [0.05, 0.1) is 18.7 Å². The minimum absolute atomic E-state index is 0.149. The van der Waals surface area contributed by atoms with Crippen molar-refractivity contribution in [3.63, 3.8) is 0 Å². The molecule has 42 heavy (non-hydrogen) atoms. The van der Waals surface area contributed by atoms with E-state index in [4.69, 9.17) is 14.5 Å². The molecule has 7 heteroatoms. The molecule has 0 saturated heterocycles. The van der Waals surface area contributed by atoms with E-state index in [9.17, 15) is 0 Å². The zero-order valence-corrected chi connectivity index (χ0v) is 26.3. The third-order valence-electron chi connectivity index (χ3n) is 7.15. The number of nitrogens with one attached hydrogen (secondary N) is 1. The number of hydrazone groups is 1. The summed E-state index contributed by atoms with van der Waals surface area (Å²) in [5.41, 5.74) is 3.50. The van der Waals surface area contributed by atoms with Gasteiger partial charge in [0.15, 0.2) is 11.6 Å². The van der Waals surface area contributed by atoms with Gasteiger partial charge in [-0.2, -0.15) is 5.10 Å². The molecule has 0 radical (unpaired) electrons. The third kappa shape index (κ3) is 9.61. The molecule has 2 aromatic carbocycles. The maximum absolute atomic E-state index is 15.2. The number of rotatable bonds is 14. The van der Waals surface area contributed by atoms with Gasteiger partial charge in [0.2, 0.25) is 0 Å². The van der Waals surface area contributed by atoms with Gasteiger partial charge in [-0.05, 0) is 80.9 Å². The topological polar surface area (TPSA) is 58.5 Å². The first-order valence-electron chi connectivity index (χ1n) is 15.1. The second-order valence-corrected chi connectivity index (χ2v) is 11.0. The Morgan fingerprint density at radius 2 is 1.90 bits per heavy atom. The van der Waals surface area contributed by atoms with Crippen LogP contribution in [0.3, 0.4) is 0 Å². The summed E-state index contributed by atoms with van der Waals surface area (Å²) < 4.78 is 27.6. The van der Waals surface area contributed by atoms with Gasteiger partial charge in [0, 0.05) is 30.4 Å². The van der Waals surface area contributed by atoms with Crippen molar-refractivity contribution in [2.45, 2.75) is 74.1 Å². The van der Waals surface area contributed by atoms with Gasteiger partial charge in [-0.1, -0.05) is 58.7 Å². The maximum atomic E-state index is 15.2. The van der Waals surface area contributed by atoms with Crippen LogP contribution in [0.4, 0.5) is 10.1 Å². The fourth-order valence-electron chi connectivity index (χ4n) is 4.65. The van der Waals surface area contributed by atoms with Crippen LogP contribution in [0, 0.1) is 31.5 Å². The molecule has 0 amide bonds. The molecule has 3 rings (SSSR count). The van der Waals surface area contributed by atoms with Crippen LogP contribution in [-0.2, 0) is 0 Å². The Kier molecular flexibility index (Phi) is 12.9. The van der Waals surface area contributed by atoms with E-state index >= 15 is 4.39 Å². The first-order valence-corrected chi connectivity index (χ1v) is 15.1. The van der Waals surface area contributed by atoms with Crippen LogP contribution >= 0.6 is 0 Å². The van der Waals surface area contributed by atoms with Gasteiger partial charge in [0.25, 0.3) is 0 Å². The molecule has 0 fully saturated rings. The number of halogens is 1. The standard InChI is InChI=1S/C35H47FN4O2/c1-8-11-12-19-37-35(33-27(6)13-14-28(7)34(33)41-24-26(5)22-25(4)9-2)39-29-15-16-32(31(36)23-29)42-30-17-20-40(21-18-30)38-10-3/h10,12-20,23,25-26H,8-9,11,21-22,24H2,1-7H3,(H,37,39)/b19-12+,38-10-. The lowest BCUT2D eigenvalue weighted by molar-refractivity contribution is 0.232. The average Bonchev–Trinajstić information content (AvgIpc) is 2.97. The smallest absolute Gasteiger partial charge is 0.167 e. The highest BCUT2D eigenvalue weighted by atomic mass is 19.1. The summed E-state index contributed by atoms with van der Waals surface area (Å²) in [4.78, 5) is 4.80. The number of ether oxygens (including phenoxy) is 2. The fraction of sp³-hybridized carbons (Fsp3) is 0.429. The first kappa shape index (κ1) is 32.6. The molecular formula is C35H47FN4O2. The molecule has 2 unspecified atom stereocenters. The van der Waals surface area contributed by atoms with Crippen molar-refractivity contribution in [2.24, 2.45) is 21.9 Å². The van der Waals surface area contributed by atoms with E-state index < -0.39 is 5.82 Å². The molecule has 6 nitrogen and oxygen atoms in total. The monoisotopic (exact) mass is 574 g/mol. The van der Waals surface area contributed by atoms with Crippen LogP contribution in [0.2, 0.25) is 0 Å². The van der Waals surface area contributed by atoms with Gasteiger partial charge in [0.1, 0.15) is 17.3 Å². The minimum atomic E-state index is -0.472. The van der Waals surface area contributed by atoms with Crippen LogP contribution < -0.4 is 14.8 Å². The van der Waals surface area contributed by atoms with Crippen molar-refractivity contribution in [1.29, 1.82) is 0 Å². The Morgan fingerprint density at radius 3 is 2.57 bits per heavy atom. The SMILES string of the molecule is C/C=N\N1C=CC(Oc2ccc(NC(=N/C=C/CCC)c3c(C)ccc(C)c3OCC(C)CC(C)CC)cc2F)=CC1. The molecule has 0 aliphatic carbocycles. The molecule has 0 aromatic heterocycles. The molecule has 0 saturated carbocycles. The summed E-state index contributed by atoms with van der Waals surface area (Å²) in [6, 6.07) is 9.01. The molecule has 1 aliphatic heterocycles. The molecule has 1 N–H and O–H groups in total. The summed E-state index contributed by atoms with van der Waals surface area (Å²) in [6.07, 6.45) is 15.2. The van der Waals surface area contributed by atoms with E-state index in [1.807, 2.05) is 32.2 Å². The Hall–Kier alpha value is -3.87. The predicted octanol–water partition coefficient (Wildman–Crippen LogP) is 9.16. The Morgan fingerprint density at radius 1 is 1.12 bits per heavy atom. The summed E-state index contributed by atoms with van der Waals surface area (Å²) in [5, 5.41) is 9.35. The summed E-state index contributed by atoms with van der Waals surface area (Å²) in [5.74, 6) is 2.73. The van der Waals surface area contributed by atoms with E-state index in [1.165, 1.54) is 6.07 Å². The van der Waals surface area contributed by atoms with E-state index in [0.717, 1.165) is 48.1 Å². The molecule has 0 bridgehead atoms. The van der Waals surface area contributed by atoms with Gasteiger partial charge in [-0.25, -0.2) is 9.38 Å². The normalized spacial score (nSPS) is 15.3. The predicted molar refractivity (Wildman–Crippen MR) is 174 cm³/mol. The van der Waals surface area contributed by atoms with Crippen molar-refractivity contribution in [2.75, 3.05) is 18.5 Å². The number of benzene rings is 2. The second kappa shape index (κ2) is 16.5. The van der Waals surface area contributed by atoms with Gasteiger partial charge < -0.3 is 14.8 Å². The number of aliphatic imine (C=N–C) groups is 1. The highest BCUT2D eigenvalue weighted by Gasteiger charge is 2.19. The lowest BCUT2D eigenvalue weighted by Gasteiger charge is -2.22. The number of hydrogen-bond acceptors (Lipinski definition) is 5. The Labute approximate surface area is 251 Å². The zero-order chi connectivity index (χ0) is 30.5. The van der Waals surface area contributed by atoms with Crippen molar-refractivity contribution < 1.29 is 13.9 Å². The van der Waals surface area contributed by atoms with Gasteiger partial charge >= 0.3 is 0 Å². The molecule has 1 aliphatic rings. The summed E-state index contributed by atoms with van der Waals surface area (Å²) >= 11 is 0. The number of allylic oxidation sites excluding steroid dienone is 2. The number of nitrogens with zero attached hydrogens (tertiary/aromatic N) is 3. The van der Waals surface area contributed by atoms with Crippen LogP contribution in [0.1, 0.15) is 77.0 Å². The van der Waals surface area contributed by atoms with E-state index in [2.05, 4.69) is 57.2 Å². The van der Waals surface area contributed by atoms with E-state index in [0.29, 0.717) is 42.3 Å². The largest absolute Gasteiger partial charge is 0.492 e. The van der Waals surface area contributed by atoms with Crippen molar-refractivity contribution in [3.8, 4) is 11.5 Å². The number of amidine groups is 1. The van der Waals surface area contributed by atoms with Crippen LogP contribution in [0.15, 0.2) is 76.8 Å². The van der Waals surface area contributed by atoms with Crippen LogP contribution in [0.5, 0.6) is 11.5 Å².